The molecule has 150 valence electrons. The summed E-state index contributed by atoms with van der Waals surface area (Å²) in [5.41, 5.74) is 4.86. The summed E-state index contributed by atoms with van der Waals surface area (Å²) in [5.74, 6) is -1.71. The van der Waals surface area contributed by atoms with Gasteiger partial charge in [0.05, 0.1) is 11.5 Å². The Hall–Kier alpha value is -3.62. The number of nitrogens with zero attached hydrogens (tertiary/aromatic N) is 1. The average molecular weight is 399 g/mol. The van der Waals surface area contributed by atoms with Crippen LogP contribution < -0.4 is 25.2 Å². The normalized spacial score (nSPS) is 17.8. The molecule has 1 saturated heterocycles. The third-order valence-corrected chi connectivity index (χ3v) is 4.75. The quantitative estimate of drug-likeness (QED) is 0.761. The number of fused-ring (bicyclic) bond motifs is 1. The van der Waals surface area contributed by atoms with Gasteiger partial charge < -0.3 is 14.4 Å². The molecule has 2 aliphatic rings. The van der Waals surface area contributed by atoms with Crippen molar-refractivity contribution in [1.29, 1.82) is 0 Å². The van der Waals surface area contributed by atoms with E-state index in [0.717, 1.165) is 6.07 Å². The summed E-state index contributed by atoms with van der Waals surface area (Å²) in [4.78, 5) is 38.3. The number of rotatable bonds is 3. The van der Waals surface area contributed by atoms with Gasteiger partial charge in [0.25, 0.3) is 5.91 Å². The van der Waals surface area contributed by atoms with E-state index in [-0.39, 0.29) is 24.4 Å². The van der Waals surface area contributed by atoms with Crippen LogP contribution in [0.15, 0.2) is 42.5 Å². The number of hydrogen-bond acceptors (Lipinski definition) is 5. The van der Waals surface area contributed by atoms with Gasteiger partial charge in [-0.15, -0.1) is 0 Å². The fourth-order valence-electron chi connectivity index (χ4n) is 3.27. The van der Waals surface area contributed by atoms with Crippen LogP contribution in [0.1, 0.15) is 16.8 Å². The smallest absolute Gasteiger partial charge is 0.272 e. The predicted molar refractivity (Wildman–Crippen MR) is 99.9 cm³/mol. The van der Waals surface area contributed by atoms with Crippen LogP contribution in [0.5, 0.6) is 11.5 Å². The fraction of sp³-hybridized carbons (Fsp3) is 0.250. The number of halogens is 1. The van der Waals surface area contributed by atoms with E-state index in [4.69, 9.17) is 9.47 Å². The highest BCUT2D eigenvalue weighted by atomic mass is 19.1. The molecule has 8 nitrogen and oxygen atoms in total. The lowest BCUT2D eigenvalue weighted by Crippen LogP contribution is -2.45. The first-order valence-electron chi connectivity index (χ1n) is 9.07. The Morgan fingerprint density at radius 3 is 2.59 bits per heavy atom. The molecule has 1 atom stereocenters. The minimum absolute atomic E-state index is 0.00412. The molecule has 3 amide bonds. The average Bonchev–Trinajstić information content (AvgIpc) is 3.13. The van der Waals surface area contributed by atoms with Gasteiger partial charge in [-0.25, -0.2) is 4.39 Å². The third-order valence-electron chi connectivity index (χ3n) is 4.75. The largest absolute Gasteiger partial charge is 0.486 e. The molecule has 0 aliphatic carbocycles. The van der Waals surface area contributed by atoms with Crippen LogP contribution in [-0.2, 0) is 9.59 Å². The third kappa shape index (κ3) is 3.84. The zero-order chi connectivity index (χ0) is 20.4. The van der Waals surface area contributed by atoms with E-state index in [1.165, 1.54) is 23.1 Å². The molecule has 2 aliphatic heterocycles. The second-order valence-electron chi connectivity index (χ2n) is 6.66. The molecule has 0 radical (unpaired) electrons. The van der Waals surface area contributed by atoms with E-state index in [0.29, 0.717) is 30.4 Å². The van der Waals surface area contributed by atoms with E-state index < -0.39 is 23.5 Å². The lowest BCUT2D eigenvalue weighted by atomic mass is 10.1. The van der Waals surface area contributed by atoms with Crippen LogP contribution in [-0.4, -0.2) is 37.5 Å². The Kier molecular flexibility index (Phi) is 5.03. The Morgan fingerprint density at radius 2 is 1.79 bits per heavy atom. The molecule has 2 N–H and O–H groups in total. The minimum atomic E-state index is -0.774. The fourth-order valence-corrected chi connectivity index (χ4v) is 3.27. The summed E-state index contributed by atoms with van der Waals surface area (Å²) in [6.45, 7) is 1.05. The van der Waals surface area contributed by atoms with Gasteiger partial charge in [-0.1, -0.05) is 12.1 Å². The van der Waals surface area contributed by atoms with Crippen molar-refractivity contribution in [3.8, 4) is 11.5 Å². The number of nitrogens with one attached hydrogen (secondary N) is 2. The number of benzene rings is 2. The Bertz CT molecular complexity index is 980. The van der Waals surface area contributed by atoms with Gasteiger partial charge in [0.2, 0.25) is 11.8 Å². The van der Waals surface area contributed by atoms with Crippen LogP contribution in [0.25, 0.3) is 0 Å². The number of anilines is 1. The molecule has 4 rings (SSSR count). The first kappa shape index (κ1) is 18.7. The lowest BCUT2D eigenvalue weighted by molar-refractivity contribution is -0.126. The van der Waals surface area contributed by atoms with Gasteiger partial charge >= 0.3 is 0 Å². The first-order valence-corrected chi connectivity index (χ1v) is 9.07. The van der Waals surface area contributed by atoms with E-state index in [2.05, 4.69) is 10.9 Å². The van der Waals surface area contributed by atoms with Crippen LogP contribution in [0.4, 0.5) is 10.1 Å². The molecule has 0 spiro atoms. The zero-order valence-electron chi connectivity index (χ0n) is 15.3. The summed E-state index contributed by atoms with van der Waals surface area (Å²) in [6.07, 6.45) is -0.00412. The van der Waals surface area contributed by atoms with Gasteiger partial charge in [0.15, 0.2) is 11.5 Å². The maximum absolute atomic E-state index is 13.6. The van der Waals surface area contributed by atoms with Gasteiger partial charge in [-0.2, -0.15) is 0 Å². The minimum Gasteiger partial charge on any atom is -0.486 e. The van der Waals surface area contributed by atoms with Crippen LogP contribution in [0, 0.1) is 11.7 Å². The second-order valence-corrected chi connectivity index (χ2v) is 6.66. The van der Waals surface area contributed by atoms with Crippen LogP contribution in [0.2, 0.25) is 0 Å². The van der Waals surface area contributed by atoms with Crippen molar-refractivity contribution in [2.24, 2.45) is 5.92 Å². The van der Waals surface area contributed by atoms with Crippen molar-refractivity contribution in [3.05, 3.63) is 53.8 Å². The molecular weight excluding hydrogens is 381 g/mol. The van der Waals surface area contributed by atoms with E-state index in [1.807, 2.05) is 0 Å². The molecule has 0 aromatic heterocycles. The Balaban J connectivity index is 1.38. The van der Waals surface area contributed by atoms with Gasteiger partial charge in [0.1, 0.15) is 19.0 Å². The Labute approximate surface area is 165 Å². The van der Waals surface area contributed by atoms with Crippen molar-refractivity contribution in [2.75, 3.05) is 24.7 Å². The summed E-state index contributed by atoms with van der Waals surface area (Å²) in [7, 11) is 0. The molecule has 2 aromatic carbocycles. The highest BCUT2D eigenvalue weighted by Crippen LogP contribution is 2.35. The number of amides is 3. The van der Waals surface area contributed by atoms with Gasteiger partial charge in [-0.3, -0.25) is 25.2 Å². The molecule has 9 heteroatoms. The van der Waals surface area contributed by atoms with E-state index in [9.17, 15) is 18.8 Å². The summed E-state index contributed by atoms with van der Waals surface area (Å²) in [5, 5.41) is 0. The highest BCUT2D eigenvalue weighted by Gasteiger charge is 2.35. The maximum Gasteiger partial charge on any atom is 0.272 e. The van der Waals surface area contributed by atoms with Crippen LogP contribution in [0.3, 0.4) is 0 Å². The molecule has 0 saturated carbocycles. The van der Waals surface area contributed by atoms with Crippen molar-refractivity contribution in [3.63, 3.8) is 0 Å². The Morgan fingerprint density at radius 1 is 1.03 bits per heavy atom. The van der Waals surface area contributed by atoms with Crippen molar-refractivity contribution in [1.82, 2.24) is 10.9 Å². The number of ether oxygens (including phenoxy) is 2. The van der Waals surface area contributed by atoms with E-state index >= 15 is 0 Å². The number of carbonyl (C=O) groups excluding carboxylic acids is 3. The molecule has 0 bridgehead atoms. The first-order chi connectivity index (χ1) is 14.0. The van der Waals surface area contributed by atoms with Crippen molar-refractivity contribution >= 4 is 23.4 Å². The van der Waals surface area contributed by atoms with Crippen molar-refractivity contribution in [2.45, 2.75) is 6.42 Å². The SMILES string of the molecule is O=C(NNC(=O)[C@@H]1CC(=O)N(c2ccc3c(c2)OCCO3)C1)c1ccccc1F. The molecule has 2 aromatic rings. The summed E-state index contributed by atoms with van der Waals surface area (Å²) in [6, 6.07) is 10.6. The molecular formula is C20H18FN3O5. The van der Waals surface area contributed by atoms with Crippen molar-refractivity contribution < 1.29 is 28.2 Å². The standard InChI is InChI=1S/C20H18FN3O5/c21-15-4-2-1-3-14(15)20(27)23-22-19(26)12-9-18(25)24(11-12)13-5-6-16-17(10-13)29-8-7-28-16/h1-6,10,12H,7-9,11H2,(H,22,26)(H,23,27)/t12-/m1/s1. The van der Waals surface area contributed by atoms with E-state index in [1.54, 1.807) is 18.2 Å². The van der Waals surface area contributed by atoms with Crippen LogP contribution >= 0.6 is 0 Å². The second kappa shape index (κ2) is 7.78. The molecule has 2 heterocycles. The predicted octanol–water partition coefficient (Wildman–Crippen LogP) is 1.41. The monoisotopic (exact) mass is 399 g/mol. The maximum atomic E-state index is 13.6. The highest BCUT2D eigenvalue weighted by molar-refractivity contribution is 6.01. The summed E-state index contributed by atoms with van der Waals surface area (Å²) >= 11 is 0. The number of hydrazine groups is 1. The lowest BCUT2D eigenvalue weighted by Gasteiger charge is -2.22. The van der Waals surface area contributed by atoms with Gasteiger partial charge in [0, 0.05) is 24.7 Å². The molecule has 29 heavy (non-hydrogen) atoms. The zero-order valence-corrected chi connectivity index (χ0v) is 15.3. The molecule has 0 unspecified atom stereocenters. The molecule has 1 fully saturated rings. The summed E-state index contributed by atoms with van der Waals surface area (Å²) < 4.78 is 24.6. The van der Waals surface area contributed by atoms with Gasteiger partial charge in [-0.05, 0) is 24.3 Å². The topological polar surface area (TPSA) is 97.0 Å². The number of hydrogen-bond donors (Lipinski definition) is 2. The number of carbonyl (C=O) groups is 3.